The number of methoxy groups -OCH3 is 1. The molecule has 8 heteroatoms. The zero-order chi connectivity index (χ0) is 19.1. The summed E-state index contributed by atoms with van der Waals surface area (Å²) in [7, 11) is 1.58. The molecule has 27 heavy (non-hydrogen) atoms. The maximum atomic E-state index is 12.4. The van der Waals surface area contributed by atoms with Crippen molar-refractivity contribution in [1.82, 2.24) is 9.97 Å². The SMILES string of the molecule is COc1ccc(N2CC(O)=C(c3nc4ccc(Br)cc4c(=O)[nH]3)C2=N)cc1. The summed E-state index contributed by atoms with van der Waals surface area (Å²) in [5.41, 5.74) is 1.11. The highest BCUT2D eigenvalue weighted by Gasteiger charge is 2.31. The summed E-state index contributed by atoms with van der Waals surface area (Å²) in [6.45, 7) is 0.128. The number of nitrogens with one attached hydrogen (secondary N) is 2. The smallest absolute Gasteiger partial charge is 0.259 e. The van der Waals surface area contributed by atoms with Crippen molar-refractivity contribution >= 4 is 43.9 Å². The fourth-order valence-electron chi connectivity index (χ4n) is 3.04. The van der Waals surface area contributed by atoms with Gasteiger partial charge in [-0.15, -0.1) is 0 Å². The Morgan fingerprint density at radius 2 is 2.00 bits per heavy atom. The molecule has 1 aliphatic rings. The molecule has 7 nitrogen and oxygen atoms in total. The van der Waals surface area contributed by atoms with Crippen LogP contribution in [0, 0.1) is 5.41 Å². The molecule has 1 aliphatic heterocycles. The number of anilines is 1. The number of nitrogens with zero attached hydrogens (tertiary/aromatic N) is 2. The molecule has 0 spiro atoms. The molecule has 0 bridgehead atoms. The molecule has 0 unspecified atom stereocenters. The predicted molar refractivity (Wildman–Crippen MR) is 108 cm³/mol. The standard InChI is InChI=1S/C19H15BrN4O3/c1-27-12-5-3-11(4-6-12)24-9-15(25)16(17(24)21)18-22-14-7-2-10(20)8-13(14)19(26)23-18/h2-8,21,25H,9H2,1H3,(H,22,23,26). The molecule has 0 saturated carbocycles. The van der Waals surface area contributed by atoms with E-state index in [9.17, 15) is 9.90 Å². The van der Waals surface area contributed by atoms with Gasteiger partial charge in [-0.2, -0.15) is 0 Å². The first-order valence-electron chi connectivity index (χ1n) is 8.10. The van der Waals surface area contributed by atoms with E-state index in [2.05, 4.69) is 25.9 Å². The van der Waals surface area contributed by atoms with Crippen molar-refractivity contribution in [3.63, 3.8) is 0 Å². The third kappa shape index (κ3) is 2.97. The number of hydrogen-bond donors (Lipinski definition) is 3. The van der Waals surface area contributed by atoms with Gasteiger partial charge < -0.3 is 19.7 Å². The summed E-state index contributed by atoms with van der Waals surface area (Å²) in [4.78, 5) is 21.2. The Bertz CT molecular complexity index is 1150. The van der Waals surface area contributed by atoms with Gasteiger partial charge in [-0.3, -0.25) is 10.2 Å². The number of H-pyrrole nitrogens is 1. The second-order valence-electron chi connectivity index (χ2n) is 6.03. The predicted octanol–water partition coefficient (Wildman–Crippen LogP) is 3.46. The fourth-order valence-corrected chi connectivity index (χ4v) is 3.40. The summed E-state index contributed by atoms with van der Waals surface area (Å²) in [6.07, 6.45) is 0. The molecule has 136 valence electrons. The molecule has 3 aromatic rings. The number of rotatable bonds is 3. The minimum atomic E-state index is -0.327. The Kier molecular flexibility index (Phi) is 4.19. The molecule has 1 aromatic heterocycles. The van der Waals surface area contributed by atoms with Crippen LogP contribution in [0.2, 0.25) is 0 Å². The van der Waals surface area contributed by atoms with E-state index in [1.165, 1.54) is 0 Å². The number of benzene rings is 2. The molecule has 2 heterocycles. The van der Waals surface area contributed by atoms with Crippen molar-refractivity contribution < 1.29 is 9.84 Å². The lowest BCUT2D eigenvalue weighted by Gasteiger charge is -2.19. The fraction of sp³-hybridized carbons (Fsp3) is 0.105. The van der Waals surface area contributed by atoms with Crippen LogP contribution in [0.5, 0.6) is 5.75 Å². The van der Waals surface area contributed by atoms with Crippen LogP contribution >= 0.6 is 15.9 Å². The monoisotopic (exact) mass is 426 g/mol. The molecule has 0 saturated heterocycles. The van der Waals surface area contributed by atoms with E-state index >= 15 is 0 Å². The van der Waals surface area contributed by atoms with Gasteiger partial charge in [0.25, 0.3) is 5.56 Å². The zero-order valence-corrected chi connectivity index (χ0v) is 15.9. The first-order valence-corrected chi connectivity index (χ1v) is 8.90. The number of aromatic nitrogens is 2. The maximum Gasteiger partial charge on any atom is 0.259 e. The lowest BCUT2D eigenvalue weighted by atomic mass is 10.2. The second kappa shape index (κ2) is 6.55. The van der Waals surface area contributed by atoms with E-state index in [4.69, 9.17) is 10.1 Å². The van der Waals surface area contributed by atoms with Gasteiger partial charge >= 0.3 is 0 Å². The van der Waals surface area contributed by atoms with Gasteiger partial charge in [0.05, 0.1) is 30.1 Å². The average molecular weight is 427 g/mol. The Hall–Kier alpha value is -3.13. The van der Waals surface area contributed by atoms with Crippen LogP contribution < -0.4 is 15.2 Å². The molecule has 0 fully saturated rings. The largest absolute Gasteiger partial charge is 0.509 e. The van der Waals surface area contributed by atoms with Crippen LogP contribution in [0.3, 0.4) is 0 Å². The minimum Gasteiger partial charge on any atom is -0.509 e. The van der Waals surface area contributed by atoms with Crippen molar-refractivity contribution in [3.05, 3.63) is 68.9 Å². The number of aliphatic hydroxyl groups is 1. The Balaban J connectivity index is 1.74. The number of amidine groups is 1. The molecule has 3 N–H and O–H groups in total. The van der Waals surface area contributed by atoms with Crippen LogP contribution in [-0.2, 0) is 0 Å². The molecule has 4 rings (SSSR count). The van der Waals surface area contributed by atoms with Gasteiger partial charge in [0, 0.05) is 10.2 Å². The molecule has 0 aliphatic carbocycles. The summed E-state index contributed by atoms with van der Waals surface area (Å²) in [5.74, 6) is 0.926. The average Bonchev–Trinajstić information content (AvgIpc) is 2.96. The zero-order valence-electron chi connectivity index (χ0n) is 14.3. The summed E-state index contributed by atoms with van der Waals surface area (Å²) < 4.78 is 5.92. The van der Waals surface area contributed by atoms with E-state index in [1.54, 1.807) is 54.5 Å². The maximum absolute atomic E-state index is 12.4. The van der Waals surface area contributed by atoms with Crippen molar-refractivity contribution in [2.75, 3.05) is 18.6 Å². The van der Waals surface area contributed by atoms with E-state index in [-0.39, 0.29) is 35.1 Å². The third-order valence-electron chi connectivity index (χ3n) is 4.39. The highest BCUT2D eigenvalue weighted by molar-refractivity contribution is 9.10. The van der Waals surface area contributed by atoms with Crippen LogP contribution in [-0.4, -0.2) is 34.6 Å². The van der Waals surface area contributed by atoms with E-state index in [0.29, 0.717) is 16.7 Å². The van der Waals surface area contributed by atoms with Crippen LogP contribution in [0.1, 0.15) is 5.82 Å². The van der Waals surface area contributed by atoms with E-state index in [0.717, 1.165) is 10.2 Å². The minimum absolute atomic E-state index is 0.0181. The summed E-state index contributed by atoms with van der Waals surface area (Å²) >= 11 is 3.33. The highest BCUT2D eigenvalue weighted by atomic mass is 79.9. The number of aromatic amines is 1. The van der Waals surface area contributed by atoms with Gasteiger partial charge in [-0.05, 0) is 42.5 Å². The normalized spacial score (nSPS) is 14.3. The van der Waals surface area contributed by atoms with Crippen molar-refractivity contribution in [1.29, 1.82) is 5.41 Å². The van der Waals surface area contributed by atoms with Gasteiger partial charge in [0.2, 0.25) is 0 Å². The number of hydrogen-bond acceptors (Lipinski definition) is 5. The lowest BCUT2D eigenvalue weighted by molar-refractivity contribution is 0.411. The summed E-state index contributed by atoms with van der Waals surface area (Å²) in [5, 5.41) is 19.4. The molecule has 0 atom stereocenters. The van der Waals surface area contributed by atoms with Crippen LogP contribution in [0.25, 0.3) is 16.5 Å². The van der Waals surface area contributed by atoms with Gasteiger partial charge in [0.1, 0.15) is 23.2 Å². The van der Waals surface area contributed by atoms with Gasteiger partial charge in [-0.1, -0.05) is 15.9 Å². The van der Waals surface area contributed by atoms with Crippen molar-refractivity contribution in [2.45, 2.75) is 0 Å². The third-order valence-corrected chi connectivity index (χ3v) is 4.88. The lowest BCUT2D eigenvalue weighted by Crippen LogP contribution is -2.26. The number of ether oxygens (including phenoxy) is 1. The Morgan fingerprint density at radius 1 is 1.26 bits per heavy atom. The van der Waals surface area contributed by atoms with E-state index in [1.807, 2.05) is 0 Å². The Labute approximate surface area is 162 Å². The quantitative estimate of drug-likeness (QED) is 0.594. The summed E-state index contributed by atoms with van der Waals surface area (Å²) in [6, 6.07) is 12.4. The second-order valence-corrected chi connectivity index (χ2v) is 6.95. The molecular formula is C19H15BrN4O3. The first kappa shape index (κ1) is 17.3. The Morgan fingerprint density at radius 3 is 2.70 bits per heavy atom. The van der Waals surface area contributed by atoms with Gasteiger partial charge in [-0.25, -0.2) is 4.98 Å². The molecule has 0 radical (unpaired) electrons. The number of aliphatic hydroxyl groups excluding tert-OH is 1. The number of fused-ring (bicyclic) bond motifs is 1. The van der Waals surface area contributed by atoms with Gasteiger partial charge in [0.15, 0.2) is 0 Å². The highest BCUT2D eigenvalue weighted by Crippen LogP contribution is 2.30. The topological polar surface area (TPSA) is 102 Å². The molecular weight excluding hydrogens is 412 g/mol. The van der Waals surface area contributed by atoms with Crippen molar-refractivity contribution in [3.8, 4) is 5.75 Å². The van der Waals surface area contributed by atoms with E-state index < -0.39 is 0 Å². The molecule has 0 amide bonds. The number of halogens is 1. The van der Waals surface area contributed by atoms with Crippen molar-refractivity contribution in [2.24, 2.45) is 0 Å². The van der Waals surface area contributed by atoms with Crippen LogP contribution in [0.4, 0.5) is 5.69 Å². The van der Waals surface area contributed by atoms with Crippen LogP contribution in [0.15, 0.2) is 57.5 Å². The molecule has 2 aromatic carbocycles. The first-order chi connectivity index (χ1) is 13.0.